The number of carbonyl (C=O) groups excluding carboxylic acids is 1. The molecule has 2 aromatic heterocycles. The average Bonchev–Trinajstić information content (AvgIpc) is 2.80. The summed E-state index contributed by atoms with van der Waals surface area (Å²) >= 11 is 0. The van der Waals surface area contributed by atoms with E-state index < -0.39 is 11.5 Å². The SMILES string of the molecule is CC(C)(CCC(=O)O)NC(=O)c1cnn2ncccc12. The van der Waals surface area contributed by atoms with Crippen LogP contribution in [-0.4, -0.2) is 37.3 Å². The van der Waals surface area contributed by atoms with Crippen molar-refractivity contribution in [1.29, 1.82) is 0 Å². The van der Waals surface area contributed by atoms with Crippen molar-refractivity contribution in [1.82, 2.24) is 20.1 Å². The number of aliphatic carboxylic acids is 1. The summed E-state index contributed by atoms with van der Waals surface area (Å²) in [5, 5.41) is 19.5. The molecule has 2 aromatic rings. The number of carboxylic acids is 1. The van der Waals surface area contributed by atoms with Gasteiger partial charge in [0.1, 0.15) is 5.52 Å². The number of carbonyl (C=O) groups is 2. The van der Waals surface area contributed by atoms with Crippen LogP contribution in [0.3, 0.4) is 0 Å². The highest BCUT2D eigenvalue weighted by Crippen LogP contribution is 2.14. The molecule has 0 unspecified atom stereocenters. The number of nitrogens with zero attached hydrogens (tertiary/aromatic N) is 3. The van der Waals surface area contributed by atoms with Crippen LogP contribution in [0, 0.1) is 0 Å². The van der Waals surface area contributed by atoms with Gasteiger partial charge in [-0.2, -0.15) is 14.8 Å². The summed E-state index contributed by atoms with van der Waals surface area (Å²) in [6.07, 6.45) is 3.39. The van der Waals surface area contributed by atoms with E-state index in [-0.39, 0.29) is 12.3 Å². The number of amides is 1. The van der Waals surface area contributed by atoms with E-state index in [0.29, 0.717) is 17.5 Å². The first-order valence-corrected chi connectivity index (χ1v) is 6.22. The van der Waals surface area contributed by atoms with Gasteiger partial charge in [-0.15, -0.1) is 0 Å². The van der Waals surface area contributed by atoms with Crippen molar-refractivity contribution in [3.05, 3.63) is 30.1 Å². The molecule has 0 aliphatic heterocycles. The number of rotatable bonds is 5. The minimum atomic E-state index is -0.882. The Morgan fingerprint density at radius 2 is 2.15 bits per heavy atom. The first-order valence-electron chi connectivity index (χ1n) is 6.22. The molecule has 7 nitrogen and oxygen atoms in total. The average molecular weight is 276 g/mol. The van der Waals surface area contributed by atoms with Crippen LogP contribution in [0.4, 0.5) is 0 Å². The molecule has 2 rings (SSSR count). The summed E-state index contributed by atoms with van der Waals surface area (Å²) in [6, 6.07) is 3.47. The second-order valence-corrected chi connectivity index (χ2v) is 5.19. The van der Waals surface area contributed by atoms with Crippen LogP contribution in [-0.2, 0) is 4.79 Å². The highest BCUT2D eigenvalue weighted by molar-refractivity contribution is 6.00. The summed E-state index contributed by atoms with van der Waals surface area (Å²) in [6.45, 7) is 3.58. The topological polar surface area (TPSA) is 96.6 Å². The van der Waals surface area contributed by atoms with E-state index >= 15 is 0 Å². The van der Waals surface area contributed by atoms with Crippen molar-refractivity contribution >= 4 is 17.4 Å². The molecule has 0 aliphatic carbocycles. The number of hydrogen-bond acceptors (Lipinski definition) is 4. The molecule has 0 radical (unpaired) electrons. The zero-order valence-corrected chi connectivity index (χ0v) is 11.3. The number of fused-ring (bicyclic) bond motifs is 1. The number of nitrogens with one attached hydrogen (secondary N) is 1. The van der Waals surface area contributed by atoms with Gasteiger partial charge >= 0.3 is 5.97 Å². The number of aromatic nitrogens is 3. The predicted molar refractivity (Wildman–Crippen MR) is 71.4 cm³/mol. The third-order valence-corrected chi connectivity index (χ3v) is 2.96. The van der Waals surface area contributed by atoms with Crippen LogP contribution < -0.4 is 5.32 Å². The highest BCUT2D eigenvalue weighted by atomic mass is 16.4. The Bertz CT molecular complexity index is 648. The lowest BCUT2D eigenvalue weighted by molar-refractivity contribution is -0.137. The van der Waals surface area contributed by atoms with Gasteiger partial charge in [-0.25, -0.2) is 0 Å². The summed E-state index contributed by atoms with van der Waals surface area (Å²) in [5.41, 5.74) is 0.423. The normalized spacial score (nSPS) is 11.5. The van der Waals surface area contributed by atoms with Crippen molar-refractivity contribution in [2.75, 3.05) is 0 Å². The summed E-state index contributed by atoms with van der Waals surface area (Å²) in [5.74, 6) is -1.17. The van der Waals surface area contributed by atoms with Gasteiger partial charge in [0.25, 0.3) is 5.91 Å². The van der Waals surface area contributed by atoms with Gasteiger partial charge in [-0.3, -0.25) is 9.59 Å². The van der Waals surface area contributed by atoms with E-state index in [9.17, 15) is 9.59 Å². The third-order valence-electron chi connectivity index (χ3n) is 2.96. The fourth-order valence-corrected chi connectivity index (χ4v) is 1.86. The third kappa shape index (κ3) is 3.11. The molecule has 0 saturated heterocycles. The molecule has 1 amide bonds. The Hall–Kier alpha value is -2.44. The molecule has 0 fully saturated rings. The van der Waals surface area contributed by atoms with E-state index in [4.69, 9.17) is 5.11 Å². The molecule has 0 bridgehead atoms. The first kappa shape index (κ1) is 14.0. The fourth-order valence-electron chi connectivity index (χ4n) is 1.86. The van der Waals surface area contributed by atoms with Crippen molar-refractivity contribution in [3.8, 4) is 0 Å². The fraction of sp³-hybridized carbons (Fsp3) is 0.385. The minimum Gasteiger partial charge on any atom is -0.481 e. The maximum Gasteiger partial charge on any atom is 0.303 e. The van der Waals surface area contributed by atoms with Crippen LogP contribution >= 0.6 is 0 Å². The lowest BCUT2D eigenvalue weighted by Gasteiger charge is -2.25. The molecule has 106 valence electrons. The van der Waals surface area contributed by atoms with Gasteiger partial charge in [0.05, 0.1) is 11.8 Å². The van der Waals surface area contributed by atoms with Crippen molar-refractivity contribution in [3.63, 3.8) is 0 Å². The van der Waals surface area contributed by atoms with Crippen LogP contribution in [0.5, 0.6) is 0 Å². The van der Waals surface area contributed by atoms with Gasteiger partial charge < -0.3 is 10.4 Å². The van der Waals surface area contributed by atoms with Gasteiger partial charge in [-0.1, -0.05) is 0 Å². The molecule has 0 atom stereocenters. The molecule has 0 aliphatic rings. The largest absolute Gasteiger partial charge is 0.481 e. The lowest BCUT2D eigenvalue weighted by atomic mass is 9.98. The molecule has 2 heterocycles. The van der Waals surface area contributed by atoms with Gasteiger partial charge in [0.15, 0.2) is 0 Å². The van der Waals surface area contributed by atoms with E-state index in [1.54, 1.807) is 32.2 Å². The molecule has 0 spiro atoms. The standard InChI is InChI=1S/C13H16N4O3/c1-13(2,6-5-11(18)19)16-12(20)9-8-15-17-10(9)4-3-7-14-17/h3-4,7-8H,5-6H2,1-2H3,(H,16,20)(H,18,19). The Morgan fingerprint density at radius 1 is 1.40 bits per heavy atom. The molecular formula is C13H16N4O3. The maximum absolute atomic E-state index is 12.2. The maximum atomic E-state index is 12.2. The number of carboxylic acid groups (broad SMARTS) is 1. The molecule has 20 heavy (non-hydrogen) atoms. The van der Waals surface area contributed by atoms with Gasteiger partial charge in [0, 0.05) is 18.2 Å². The molecular weight excluding hydrogens is 260 g/mol. The lowest BCUT2D eigenvalue weighted by Crippen LogP contribution is -2.43. The number of hydrogen-bond donors (Lipinski definition) is 2. The van der Waals surface area contributed by atoms with Gasteiger partial charge in [0.2, 0.25) is 0 Å². The Morgan fingerprint density at radius 3 is 2.85 bits per heavy atom. The second-order valence-electron chi connectivity index (χ2n) is 5.19. The second kappa shape index (κ2) is 5.28. The monoisotopic (exact) mass is 276 g/mol. The zero-order valence-electron chi connectivity index (χ0n) is 11.3. The first-order chi connectivity index (χ1) is 9.39. The Balaban J connectivity index is 2.13. The molecule has 2 N–H and O–H groups in total. The van der Waals surface area contributed by atoms with Crippen molar-refractivity contribution < 1.29 is 14.7 Å². The summed E-state index contributed by atoms with van der Waals surface area (Å²) < 4.78 is 1.37. The van der Waals surface area contributed by atoms with Crippen LogP contribution in [0.2, 0.25) is 0 Å². The van der Waals surface area contributed by atoms with E-state index in [2.05, 4.69) is 15.5 Å². The van der Waals surface area contributed by atoms with E-state index in [1.165, 1.54) is 10.8 Å². The Kier molecular flexibility index (Phi) is 3.69. The van der Waals surface area contributed by atoms with Crippen LogP contribution in [0.25, 0.3) is 5.52 Å². The smallest absolute Gasteiger partial charge is 0.303 e. The summed E-state index contributed by atoms with van der Waals surface area (Å²) in [4.78, 5) is 22.8. The quantitative estimate of drug-likeness (QED) is 0.852. The van der Waals surface area contributed by atoms with E-state index in [0.717, 1.165) is 0 Å². The highest BCUT2D eigenvalue weighted by Gasteiger charge is 2.23. The van der Waals surface area contributed by atoms with E-state index in [1.807, 2.05) is 0 Å². The van der Waals surface area contributed by atoms with Crippen LogP contribution in [0.1, 0.15) is 37.0 Å². The van der Waals surface area contributed by atoms with Gasteiger partial charge in [-0.05, 0) is 32.4 Å². The zero-order chi connectivity index (χ0) is 14.8. The van der Waals surface area contributed by atoms with Crippen molar-refractivity contribution in [2.24, 2.45) is 0 Å². The Labute approximate surface area is 115 Å². The predicted octanol–water partition coefficient (Wildman–Crippen LogP) is 1.10. The molecule has 0 saturated carbocycles. The minimum absolute atomic E-state index is 0.00357. The molecule has 0 aromatic carbocycles. The van der Waals surface area contributed by atoms with Crippen LogP contribution in [0.15, 0.2) is 24.5 Å². The van der Waals surface area contributed by atoms with Crippen molar-refractivity contribution in [2.45, 2.75) is 32.2 Å². The summed E-state index contributed by atoms with van der Waals surface area (Å²) in [7, 11) is 0. The molecule has 7 heteroatoms.